The summed E-state index contributed by atoms with van der Waals surface area (Å²) in [6, 6.07) is 5.90. The molecule has 1 saturated heterocycles. The van der Waals surface area contributed by atoms with E-state index in [0.29, 0.717) is 17.5 Å². The predicted octanol–water partition coefficient (Wildman–Crippen LogP) is 2.69. The van der Waals surface area contributed by atoms with Crippen LogP contribution in [0, 0.1) is 26.4 Å². The quantitative estimate of drug-likeness (QED) is 0.333. The number of morpholine rings is 1. The van der Waals surface area contributed by atoms with E-state index in [4.69, 9.17) is 25.4 Å². The fourth-order valence-corrected chi connectivity index (χ4v) is 3.63. The van der Waals surface area contributed by atoms with Crippen molar-refractivity contribution in [1.82, 2.24) is 29.7 Å². The highest BCUT2D eigenvalue weighted by Crippen LogP contribution is 2.30. The average molecular weight is 552 g/mol. The van der Waals surface area contributed by atoms with Crippen LogP contribution in [0.15, 0.2) is 30.6 Å². The highest BCUT2D eigenvalue weighted by atomic mass is 16.5. The van der Waals surface area contributed by atoms with E-state index in [1.807, 2.05) is 66.0 Å². The second-order valence-electron chi connectivity index (χ2n) is 9.06. The zero-order valence-electron chi connectivity index (χ0n) is 24.2. The SMILES string of the molecule is C#CO.C=O.CN(C)C.CNc1cc(Nc2ncc(CN3CCOCC3)cc2-c2cc(N)nc(C)n2)cnc1C. The van der Waals surface area contributed by atoms with E-state index in [1.54, 1.807) is 12.3 Å². The van der Waals surface area contributed by atoms with Gasteiger partial charge in [0.1, 0.15) is 30.4 Å². The Bertz CT molecular complexity index is 1200. The van der Waals surface area contributed by atoms with Gasteiger partial charge in [-0.05, 0) is 52.7 Å². The van der Waals surface area contributed by atoms with Crippen LogP contribution >= 0.6 is 0 Å². The zero-order valence-corrected chi connectivity index (χ0v) is 24.2. The van der Waals surface area contributed by atoms with Crippen LogP contribution in [0.1, 0.15) is 17.1 Å². The molecule has 0 bridgehead atoms. The van der Waals surface area contributed by atoms with E-state index < -0.39 is 0 Å². The molecule has 3 aromatic heterocycles. The van der Waals surface area contributed by atoms with Gasteiger partial charge in [-0.2, -0.15) is 0 Å². The van der Waals surface area contributed by atoms with Gasteiger partial charge in [0.15, 0.2) is 0 Å². The highest BCUT2D eigenvalue weighted by Gasteiger charge is 2.16. The Hall–Kier alpha value is -4.31. The third kappa shape index (κ3) is 11.6. The standard InChI is InChI=1S/C22H28N8O.C3H9N.C2H2O.CH2O/c1-14-19(24-3)9-17(12-25-14)29-22-18(20-10-21(23)28-15(2)27-20)8-16(11-26-22)13-30-4-6-31-7-5-30;1-4(2)3;1-2-3;1-2/h8-12,24H,4-7,13H2,1-3H3,(H,26,29)(H2,23,27,28);1-3H3;1,3H;1H2. The molecular weight excluding hydrogens is 510 g/mol. The minimum Gasteiger partial charge on any atom is -0.462 e. The number of nitrogens with two attached hydrogens (primary N) is 1. The molecule has 5 N–H and O–H groups in total. The van der Waals surface area contributed by atoms with Crippen molar-refractivity contribution in [3.63, 3.8) is 0 Å². The van der Waals surface area contributed by atoms with Crippen LogP contribution in [0.4, 0.5) is 23.0 Å². The first-order chi connectivity index (χ1) is 19.2. The minimum atomic E-state index is 0.432. The number of nitrogen functional groups attached to an aromatic ring is 1. The second-order valence-corrected chi connectivity index (χ2v) is 9.06. The number of carbonyl (C=O) groups excluding carboxylic acids is 1. The first-order valence-corrected chi connectivity index (χ1v) is 12.5. The summed E-state index contributed by atoms with van der Waals surface area (Å²) in [7, 11) is 7.88. The van der Waals surface area contributed by atoms with E-state index in [9.17, 15) is 0 Å². The first kappa shape index (κ1) is 33.7. The summed E-state index contributed by atoms with van der Waals surface area (Å²) in [4.78, 5) is 30.4. The summed E-state index contributed by atoms with van der Waals surface area (Å²) < 4.78 is 5.46. The van der Waals surface area contributed by atoms with Crippen molar-refractivity contribution in [2.24, 2.45) is 0 Å². The number of hydrogen-bond donors (Lipinski definition) is 4. The first-order valence-electron chi connectivity index (χ1n) is 12.5. The van der Waals surface area contributed by atoms with Gasteiger partial charge in [-0.25, -0.2) is 15.0 Å². The molecule has 0 aromatic carbocycles. The third-order valence-electron chi connectivity index (χ3n) is 5.21. The number of hydrogen-bond acceptors (Lipinski definition) is 12. The molecule has 1 fully saturated rings. The van der Waals surface area contributed by atoms with Crippen LogP contribution in [0.2, 0.25) is 0 Å². The molecule has 1 aliphatic rings. The number of aliphatic hydroxyl groups is 1. The maximum Gasteiger partial charge on any atom is 0.139 e. The van der Waals surface area contributed by atoms with Crippen molar-refractivity contribution in [3.8, 4) is 23.8 Å². The van der Waals surface area contributed by atoms with Crippen LogP contribution in [-0.2, 0) is 16.1 Å². The number of carbonyl (C=O) groups is 1. The largest absolute Gasteiger partial charge is 0.462 e. The Kier molecular flexibility index (Phi) is 15.2. The van der Waals surface area contributed by atoms with Crippen LogP contribution < -0.4 is 16.4 Å². The fraction of sp³-hybridized carbons (Fsp3) is 0.393. The molecular formula is C28H41N9O3. The predicted molar refractivity (Wildman–Crippen MR) is 160 cm³/mol. The lowest BCUT2D eigenvalue weighted by molar-refractivity contribution is -0.0980. The topological polar surface area (TPSA) is 155 Å². The molecule has 4 heterocycles. The van der Waals surface area contributed by atoms with Gasteiger partial charge in [0, 0.05) is 44.5 Å². The molecule has 3 aromatic rings. The summed E-state index contributed by atoms with van der Waals surface area (Å²) in [5, 5.41) is 13.7. The Morgan fingerprint density at radius 2 is 1.75 bits per heavy atom. The summed E-state index contributed by atoms with van der Waals surface area (Å²) in [5.74, 6) is 1.74. The average Bonchev–Trinajstić information content (AvgIpc) is 2.92. The Balaban J connectivity index is 0.000000788. The lowest BCUT2D eigenvalue weighted by atomic mass is 10.1. The van der Waals surface area contributed by atoms with Gasteiger partial charge in [0.2, 0.25) is 0 Å². The highest BCUT2D eigenvalue weighted by molar-refractivity contribution is 5.78. The molecule has 0 atom stereocenters. The van der Waals surface area contributed by atoms with E-state index in [2.05, 4.69) is 43.0 Å². The maximum atomic E-state index is 8.00. The molecule has 216 valence electrons. The molecule has 40 heavy (non-hydrogen) atoms. The van der Waals surface area contributed by atoms with E-state index in [-0.39, 0.29) is 0 Å². The summed E-state index contributed by atoms with van der Waals surface area (Å²) in [6.45, 7) is 9.95. The molecule has 0 unspecified atom stereocenters. The lowest BCUT2D eigenvalue weighted by Crippen LogP contribution is -2.35. The third-order valence-corrected chi connectivity index (χ3v) is 5.21. The zero-order chi connectivity index (χ0) is 30.1. The number of rotatable bonds is 6. The van der Waals surface area contributed by atoms with Crippen molar-refractivity contribution >= 4 is 29.8 Å². The van der Waals surface area contributed by atoms with Gasteiger partial charge >= 0.3 is 0 Å². The summed E-state index contributed by atoms with van der Waals surface area (Å²) in [5.41, 5.74) is 11.4. The van der Waals surface area contributed by atoms with Crippen molar-refractivity contribution in [2.75, 3.05) is 70.9 Å². The molecule has 0 radical (unpaired) electrons. The molecule has 12 heteroatoms. The Labute approximate surface area is 237 Å². The normalized spacial score (nSPS) is 12.3. The van der Waals surface area contributed by atoms with Crippen molar-refractivity contribution < 1.29 is 14.6 Å². The number of aryl methyl sites for hydroxylation is 2. The van der Waals surface area contributed by atoms with E-state index in [0.717, 1.165) is 66.7 Å². The Morgan fingerprint density at radius 3 is 2.33 bits per heavy atom. The van der Waals surface area contributed by atoms with Gasteiger partial charge in [-0.3, -0.25) is 9.88 Å². The number of nitrogens with one attached hydrogen (secondary N) is 2. The number of aromatic nitrogens is 4. The van der Waals surface area contributed by atoms with Crippen molar-refractivity contribution in [2.45, 2.75) is 20.4 Å². The van der Waals surface area contributed by atoms with Crippen LogP contribution in [0.5, 0.6) is 0 Å². The number of terminal acetylenes is 1. The van der Waals surface area contributed by atoms with Gasteiger partial charge in [-0.1, -0.05) is 6.42 Å². The molecule has 1 aliphatic heterocycles. The van der Waals surface area contributed by atoms with E-state index in [1.165, 1.54) is 6.11 Å². The lowest BCUT2D eigenvalue weighted by Gasteiger charge is -2.26. The molecule has 12 nitrogen and oxygen atoms in total. The van der Waals surface area contributed by atoms with Crippen molar-refractivity contribution in [3.05, 3.63) is 47.7 Å². The van der Waals surface area contributed by atoms with Crippen molar-refractivity contribution in [1.29, 1.82) is 0 Å². The van der Waals surface area contributed by atoms with Gasteiger partial charge < -0.3 is 35.9 Å². The fourth-order valence-electron chi connectivity index (χ4n) is 3.63. The smallest absolute Gasteiger partial charge is 0.139 e. The van der Waals surface area contributed by atoms with Crippen LogP contribution in [0.25, 0.3) is 11.3 Å². The summed E-state index contributed by atoms with van der Waals surface area (Å²) >= 11 is 0. The number of aliphatic hydroxyl groups excluding tert-OH is 1. The number of anilines is 4. The molecule has 0 aliphatic carbocycles. The number of nitrogens with zero attached hydrogens (tertiary/aromatic N) is 6. The monoisotopic (exact) mass is 551 g/mol. The summed E-state index contributed by atoms with van der Waals surface area (Å²) in [6.07, 6.45) is 9.10. The second kappa shape index (κ2) is 18.1. The number of ether oxygens (including phenoxy) is 1. The van der Waals surface area contributed by atoms with Gasteiger partial charge in [-0.15, -0.1) is 0 Å². The van der Waals surface area contributed by atoms with E-state index >= 15 is 0 Å². The van der Waals surface area contributed by atoms with Crippen LogP contribution in [-0.4, -0.2) is 96.1 Å². The minimum absolute atomic E-state index is 0.432. The Morgan fingerprint density at radius 1 is 1.12 bits per heavy atom. The van der Waals surface area contributed by atoms with Crippen LogP contribution in [0.3, 0.4) is 0 Å². The molecule has 0 spiro atoms. The van der Waals surface area contributed by atoms with Gasteiger partial charge in [0.25, 0.3) is 0 Å². The molecule has 0 amide bonds. The molecule has 4 rings (SSSR count). The maximum absolute atomic E-state index is 8.00. The molecule has 0 saturated carbocycles. The number of pyridine rings is 2. The van der Waals surface area contributed by atoms with Gasteiger partial charge in [0.05, 0.1) is 42.2 Å².